The molecule has 1 amide bonds. The van der Waals surface area contributed by atoms with E-state index >= 15 is 0 Å². The molecule has 0 saturated carbocycles. The highest BCUT2D eigenvalue weighted by Crippen LogP contribution is 2.22. The Morgan fingerprint density at radius 2 is 2.04 bits per heavy atom. The third-order valence-corrected chi connectivity index (χ3v) is 5.92. The lowest BCUT2D eigenvalue weighted by molar-refractivity contribution is -0.120. The first-order chi connectivity index (χ1) is 12.6. The third-order valence-electron chi connectivity index (χ3n) is 3.99. The van der Waals surface area contributed by atoms with E-state index in [2.05, 4.69) is 39.9 Å². The Morgan fingerprint density at radius 3 is 2.77 bits per heavy atom. The van der Waals surface area contributed by atoms with Gasteiger partial charge in [0, 0.05) is 11.4 Å². The molecule has 2 aromatic heterocycles. The summed E-state index contributed by atoms with van der Waals surface area (Å²) in [6, 6.07) is 14.2. The van der Waals surface area contributed by atoms with Gasteiger partial charge in [-0.2, -0.15) is 0 Å². The number of carbonyl (C=O) groups excluding carboxylic acids is 1. The van der Waals surface area contributed by atoms with Crippen LogP contribution in [0.25, 0.3) is 0 Å². The van der Waals surface area contributed by atoms with Crippen molar-refractivity contribution < 1.29 is 4.79 Å². The van der Waals surface area contributed by atoms with Crippen LogP contribution in [0.5, 0.6) is 0 Å². The molecule has 0 radical (unpaired) electrons. The number of amides is 1. The van der Waals surface area contributed by atoms with E-state index in [0.717, 1.165) is 0 Å². The number of thioether (sulfide) groups is 1. The molecule has 1 aromatic carbocycles. The molecule has 0 fully saturated rings. The second kappa shape index (κ2) is 8.95. The third kappa shape index (κ3) is 4.92. The zero-order valence-corrected chi connectivity index (χ0v) is 16.3. The van der Waals surface area contributed by atoms with Crippen LogP contribution in [0.1, 0.15) is 30.2 Å². The number of hydrogen-bond acceptors (Lipinski definition) is 6. The smallest absolute Gasteiger partial charge is 0.233 e. The summed E-state index contributed by atoms with van der Waals surface area (Å²) in [6.45, 7) is 5.20. The van der Waals surface area contributed by atoms with Gasteiger partial charge in [0.1, 0.15) is 0 Å². The minimum absolute atomic E-state index is 0.0107. The van der Waals surface area contributed by atoms with E-state index in [-0.39, 0.29) is 17.1 Å². The fraction of sp³-hybridized carbons (Fsp3) is 0.333. The van der Waals surface area contributed by atoms with Crippen molar-refractivity contribution >= 4 is 29.0 Å². The van der Waals surface area contributed by atoms with Crippen LogP contribution in [-0.4, -0.2) is 37.9 Å². The molecule has 26 heavy (non-hydrogen) atoms. The first kappa shape index (κ1) is 18.6. The van der Waals surface area contributed by atoms with Gasteiger partial charge in [0.15, 0.2) is 0 Å². The van der Waals surface area contributed by atoms with E-state index in [1.807, 2.05) is 42.6 Å². The molecule has 3 rings (SSSR count). The molecule has 0 aliphatic rings. The molecule has 136 valence electrons. The van der Waals surface area contributed by atoms with Gasteiger partial charge in [-0.15, -0.1) is 16.4 Å². The number of hydrogen-bond donors (Lipinski definition) is 1. The predicted octanol–water partition coefficient (Wildman–Crippen LogP) is 3.18. The standard InChI is InChI=1S/C18H21N5OS2/c1-13(15-7-4-3-5-8-15)11-19-17(24)14(2)26-18-20-21-22-23(18)12-16-9-6-10-25-16/h3-10,13-14H,11-12H2,1-2H3,(H,19,24). The maximum atomic E-state index is 12.4. The highest BCUT2D eigenvalue weighted by Gasteiger charge is 2.19. The van der Waals surface area contributed by atoms with Gasteiger partial charge in [-0.05, 0) is 40.3 Å². The Balaban J connectivity index is 1.52. The van der Waals surface area contributed by atoms with Crippen LogP contribution in [0.3, 0.4) is 0 Å². The molecule has 0 aliphatic carbocycles. The summed E-state index contributed by atoms with van der Waals surface area (Å²) >= 11 is 3.03. The molecule has 8 heteroatoms. The van der Waals surface area contributed by atoms with Gasteiger partial charge in [-0.25, -0.2) is 4.68 Å². The molecule has 2 unspecified atom stereocenters. The van der Waals surface area contributed by atoms with Gasteiger partial charge in [0.05, 0.1) is 11.8 Å². The number of thiophene rings is 1. The lowest BCUT2D eigenvalue weighted by Gasteiger charge is -2.15. The molecular weight excluding hydrogens is 366 g/mol. The monoisotopic (exact) mass is 387 g/mol. The lowest BCUT2D eigenvalue weighted by Crippen LogP contribution is -2.33. The van der Waals surface area contributed by atoms with E-state index in [1.165, 1.54) is 22.2 Å². The lowest BCUT2D eigenvalue weighted by atomic mass is 10.0. The average molecular weight is 388 g/mol. The Bertz CT molecular complexity index is 819. The summed E-state index contributed by atoms with van der Waals surface area (Å²) < 4.78 is 1.73. The molecule has 0 bridgehead atoms. The fourth-order valence-electron chi connectivity index (χ4n) is 2.44. The van der Waals surface area contributed by atoms with Crippen LogP contribution in [0, 0.1) is 0 Å². The van der Waals surface area contributed by atoms with Crippen molar-refractivity contribution in [2.45, 2.75) is 36.7 Å². The summed E-state index contributed by atoms with van der Waals surface area (Å²) in [7, 11) is 0. The van der Waals surface area contributed by atoms with Gasteiger partial charge in [-0.1, -0.05) is 55.1 Å². The van der Waals surface area contributed by atoms with Crippen LogP contribution in [0.2, 0.25) is 0 Å². The quantitative estimate of drug-likeness (QED) is 0.601. The van der Waals surface area contributed by atoms with Crippen molar-refractivity contribution in [3.63, 3.8) is 0 Å². The maximum absolute atomic E-state index is 12.4. The molecular formula is C18H21N5OS2. The van der Waals surface area contributed by atoms with Crippen LogP contribution in [-0.2, 0) is 11.3 Å². The van der Waals surface area contributed by atoms with E-state index in [1.54, 1.807) is 16.0 Å². The average Bonchev–Trinajstić information content (AvgIpc) is 3.33. The minimum Gasteiger partial charge on any atom is -0.355 e. The van der Waals surface area contributed by atoms with Crippen molar-refractivity contribution in [2.24, 2.45) is 0 Å². The number of benzene rings is 1. The largest absolute Gasteiger partial charge is 0.355 e. The van der Waals surface area contributed by atoms with E-state index in [9.17, 15) is 4.79 Å². The van der Waals surface area contributed by atoms with Crippen LogP contribution >= 0.6 is 23.1 Å². The van der Waals surface area contributed by atoms with Crippen molar-refractivity contribution in [1.82, 2.24) is 25.5 Å². The number of rotatable bonds is 8. The van der Waals surface area contributed by atoms with Crippen LogP contribution in [0.15, 0.2) is 53.0 Å². The normalized spacial score (nSPS) is 13.3. The Labute approximate surface area is 161 Å². The summed E-state index contributed by atoms with van der Waals surface area (Å²) in [5, 5.41) is 17.2. The van der Waals surface area contributed by atoms with Crippen LogP contribution in [0.4, 0.5) is 0 Å². The SMILES string of the molecule is CC(Sc1nnnn1Cc1cccs1)C(=O)NCC(C)c1ccccc1. The molecule has 1 N–H and O–H groups in total. The molecule has 0 aliphatic heterocycles. The van der Waals surface area contributed by atoms with Crippen molar-refractivity contribution in [2.75, 3.05) is 6.54 Å². The predicted molar refractivity (Wildman–Crippen MR) is 104 cm³/mol. The van der Waals surface area contributed by atoms with Gasteiger partial charge in [0.2, 0.25) is 11.1 Å². The van der Waals surface area contributed by atoms with Crippen molar-refractivity contribution in [3.8, 4) is 0 Å². The van der Waals surface area contributed by atoms with E-state index in [4.69, 9.17) is 0 Å². The summed E-state index contributed by atoms with van der Waals surface area (Å²) in [5.74, 6) is 0.255. The van der Waals surface area contributed by atoms with Gasteiger partial charge < -0.3 is 5.32 Å². The van der Waals surface area contributed by atoms with Gasteiger partial charge in [0.25, 0.3) is 0 Å². The Kier molecular flexibility index (Phi) is 6.40. The molecule has 0 saturated heterocycles. The fourth-order valence-corrected chi connectivity index (χ4v) is 3.94. The highest BCUT2D eigenvalue weighted by molar-refractivity contribution is 8.00. The molecule has 2 heterocycles. The topological polar surface area (TPSA) is 72.7 Å². The summed E-state index contributed by atoms with van der Waals surface area (Å²) in [4.78, 5) is 13.6. The maximum Gasteiger partial charge on any atom is 0.233 e. The number of nitrogens with zero attached hydrogens (tertiary/aromatic N) is 4. The van der Waals surface area contributed by atoms with Gasteiger partial charge in [-0.3, -0.25) is 4.79 Å². The van der Waals surface area contributed by atoms with E-state index < -0.39 is 0 Å². The Morgan fingerprint density at radius 1 is 1.23 bits per heavy atom. The molecule has 6 nitrogen and oxygen atoms in total. The second-order valence-corrected chi connectivity index (χ2v) is 8.36. The summed E-state index contributed by atoms with van der Waals surface area (Å²) in [5.41, 5.74) is 1.22. The molecule has 2 atom stereocenters. The number of carbonyl (C=O) groups is 1. The summed E-state index contributed by atoms with van der Waals surface area (Å²) in [6.07, 6.45) is 0. The number of tetrazole rings is 1. The second-order valence-electron chi connectivity index (χ2n) is 6.02. The first-order valence-electron chi connectivity index (χ1n) is 8.41. The van der Waals surface area contributed by atoms with Crippen molar-refractivity contribution in [3.05, 3.63) is 58.3 Å². The number of aromatic nitrogens is 4. The zero-order chi connectivity index (χ0) is 18.4. The minimum atomic E-state index is -0.272. The van der Waals surface area contributed by atoms with Crippen molar-refractivity contribution in [1.29, 1.82) is 0 Å². The first-order valence-corrected chi connectivity index (χ1v) is 10.2. The Hall–Kier alpha value is -2.19. The van der Waals surface area contributed by atoms with Gasteiger partial charge >= 0.3 is 0 Å². The zero-order valence-electron chi connectivity index (χ0n) is 14.7. The molecule has 3 aromatic rings. The van der Waals surface area contributed by atoms with Crippen LogP contribution < -0.4 is 5.32 Å². The molecule has 0 spiro atoms. The number of nitrogens with one attached hydrogen (secondary N) is 1. The highest BCUT2D eigenvalue weighted by atomic mass is 32.2. The van der Waals surface area contributed by atoms with E-state index in [0.29, 0.717) is 18.2 Å².